The predicted octanol–water partition coefficient (Wildman–Crippen LogP) is 3.54. The summed E-state index contributed by atoms with van der Waals surface area (Å²) in [5.74, 6) is -3.87. The lowest BCUT2D eigenvalue weighted by molar-refractivity contribution is -0.252. The van der Waals surface area contributed by atoms with E-state index in [-0.39, 0.29) is 12.8 Å². The fourth-order valence-electron chi connectivity index (χ4n) is 9.68. The molecule has 224 valence electrons. The topological polar surface area (TPSA) is 142 Å². The van der Waals surface area contributed by atoms with Crippen molar-refractivity contribution in [2.75, 3.05) is 7.11 Å². The van der Waals surface area contributed by atoms with E-state index in [0.717, 1.165) is 5.56 Å². The van der Waals surface area contributed by atoms with Gasteiger partial charge in [-0.05, 0) is 24.8 Å². The first-order valence-electron chi connectivity index (χ1n) is 14.5. The van der Waals surface area contributed by atoms with Crippen molar-refractivity contribution in [3.8, 4) is 0 Å². The number of cyclic esters (lactones) is 1. The number of fused-ring (bicyclic) bond motifs is 5. The number of hydrogen-bond donors (Lipinski definition) is 1. The van der Waals surface area contributed by atoms with Crippen molar-refractivity contribution < 1.29 is 47.6 Å². The molecule has 10 heteroatoms. The minimum absolute atomic E-state index is 0.0553. The normalized spacial score (nSPS) is 45.6. The first-order chi connectivity index (χ1) is 19.1. The molecule has 2 saturated heterocycles. The highest BCUT2D eigenvalue weighted by Gasteiger charge is 2.90. The summed E-state index contributed by atoms with van der Waals surface area (Å²) in [4.78, 5) is 53.6. The third-order valence-electron chi connectivity index (χ3n) is 11.6. The van der Waals surface area contributed by atoms with Gasteiger partial charge in [0.2, 0.25) is 0 Å². The molecule has 3 aliphatic carbocycles. The molecule has 1 aromatic heterocycles. The van der Waals surface area contributed by atoms with Crippen molar-refractivity contribution in [2.45, 2.75) is 96.7 Å². The molecule has 41 heavy (non-hydrogen) atoms. The molecule has 0 radical (unpaired) electrons. The second kappa shape index (κ2) is 8.66. The summed E-state index contributed by atoms with van der Waals surface area (Å²) >= 11 is 0. The van der Waals surface area contributed by atoms with Gasteiger partial charge in [-0.25, -0.2) is 0 Å². The molecule has 0 amide bonds. The second-order valence-corrected chi connectivity index (χ2v) is 14.2. The van der Waals surface area contributed by atoms with Gasteiger partial charge in [0.1, 0.15) is 23.9 Å². The first kappa shape index (κ1) is 28.4. The maximum atomic E-state index is 14.6. The van der Waals surface area contributed by atoms with E-state index in [1.807, 2.05) is 20.8 Å². The van der Waals surface area contributed by atoms with Crippen LogP contribution in [-0.4, -0.2) is 59.3 Å². The van der Waals surface area contributed by atoms with Crippen LogP contribution in [-0.2, 0) is 38.1 Å². The number of carbonyl (C=O) groups excluding carboxylic acids is 4. The van der Waals surface area contributed by atoms with Crippen LogP contribution in [0.25, 0.3) is 0 Å². The molecule has 6 rings (SSSR count). The van der Waals surface area contributed by atoms with Crippen LogP contribution in [0.2, 0.25) is 0 Å². The van der Waals surface area contributed by atoms with Crippen LogP contribution in [0.3, 0.4) is 0 Å². The smallest absolute Gasteiger partial charge is 0.308 e. The molecule has 0 unspecified atom stereocenters. The summed E-state index contributed by atoms with van der Waals surface area (Å²) in [6.45, 7) is 10.9. The maximum Gasteiger partial charge on any atom is 0.308 e. The number of ketones is 1. The number of rotatable bonds is 5. The Kier molecular flexibility index (Phi) is 6.00. The molecule has 5 fully saturated rings. The van der Waals surface area contributed by atoms with E-state index < -0.39 is 93.1 Å². The molecule has 0 aromatic carbocycles. The number of epoxide rings is 1. The van der Waals surface area contributed by atoms with Crippen molar-refractivity contribution in [3.05, 3.63) is 24.2 Å². The largest absolute Gasteiger partial charge is 0.472 e. The average Bonchev–Trinajstić information content (AvgIpc) is 3.40. The summed E-state index contributed by atoms with van der Waals surface area (Å²) < 4.78 is 28.9. The Morgan fingerprint density at radius 1 is 1.15 bits per heavy atom. The molecule has 1 N–H and O–H groups in total. The van der Waals surface area contributed by atoms with Crippen LogP contribution >= 0.6 is 0 Å². The maximum absolute atomic E-state index is 14.6. The van der Waals surface area contributed by atoms with Crippen LogP contribution < -0.4 is 0 Å². The fraction of sp³-hybridized carbons (Fsp3) is 0.742. The molecule has 1 aromatic rings. The monoisotopic (exact) mass is 572 g/mol. The van der Waals surface area contributed by atoms with Crippen LogP contribution in [0.1, 0.15) is 78.9 Å². The van der Waals surface area contributed by atoms with Gasteiger partial charge < -0.3 is 28.5 Å². The lowest BCUT2D eigenvalue weighted by Crippen LogP contribution is -2.80. The van der Waals surface area contributed by atoms with Gasteiger partial charge in [0.05, 0.1) is 32.0 Å². The van der Waals surface area contributed by atoms with Crippen molar-refractivity contribution in [1.82, 2.24) is 0 Å². The van der Waals surface area contributed by atoms with Gasteiger partial charge in [0.25, 0.3) is 0 Å². The second-order valence-electron chi connectivity index (χ2n) is 14.2. The molecule has 3 heterocycles. The van der Waals surface area contributed by atoms with E-state index in [9.17, 15) is 24.3 Å². The Balaban J connectivity index is 1.53. The number of aliphatic hydroxyl groups is 1. The highest BCUT2D eigenvalue weighted by molar-refractivity contribution is 5.99. The molecule has 10 atom stereocenters. The van der Waals surface area contributed by atoms with Crippen molar-refractivity contribution in [2.24, 2.45) is 39.9 Å². The van der Waals surface area contributed by atoms with Crippen LogP contribution in [0.15, 0.2) is 23.0 Å². The van der Waals surface area contributed by atoms with Crippen molar-refractivity contribution in [3.63, 3.8) is 0 Å². The zero-order valence-corrected chi connectivity index (χ0v) is 24.7. The zero-order chi connectivity index (χ0) is 29.9. The van der Waals surface area contributed by atoms with Gasteiger partial charge in [-0.1, -0.05) is 41.5 Å². The summed E-state index contributed by atoms with van der Waals surface area (Å²) in [5.41, 5.74) is -5.30. The zero-order valence-electron chi connectivity index (χ0n) is 24.7. The minimum Gasteiger partial charge on any atom is -0.472 e. The molecule has 10 nitrogen and oxygen atoms in total. The molecule has 1 spiro atoms. The van der Waals surface area contributed by atoms with Crippen LogP contribution in [0.5, 0.6) is 0 Å². The molecule has 2 bridgehead atoms. The summed E-state index contributed by atoms with van der Waals surface area (Å²) in [7, 11) is 1.30. The van der Waals surface area contributed by atoms with E-state index in [0.29, 0.717) is 12.8 Å². The molecular weight excluding hydrogens is 532 g/mol. The Hall–Kier alpha value is -2.72. The third-order valence-corrected chi connectivity index (χ3v) is 11.6. The Labute approximate surface area is 239 Å². The summed E-state index contributed by atoms with van der Waals surface area (Å²) in [5, 5.41) is 12.6. The van der Waals surface area contributed by atoms with E-state index in [4.69, 9.17) is 23.4 Å². The van der Waals surface area contributed by atoms with Gasteiger partial charge in [0.15, 0.2) is 11.4 Å². The Bertz CT molecular complexity index is 1300. The minimum atomic E-state index is -2.17. The fourth-order valence-corrected chi connectivity index (χ4v) is 9.68. The highest BCUT2D eigenvalue weighted by Crippen LogP contribution is 2.78. The Morgan fingerprint density at radius 3 is 2.46 bits per heavy atom. The lowest BCUT2D eigenvalue weighted by Gasteiger charge is -2.66. The molecule has 3 saturated carbocycles. The lowest BCUT2D eigenvalue weighted by atomic mass is 9.36. The number of esters is 3. The number of carbonyl (C=O) groups is 4. The predicted molar refractivity (Wildman–Crippen MR) is 141 cm³/mol. The van der Waals surface area contributed by atoms with E-state index in [2.05, 4.69) is 6.92 Å². The summed E-state index contributed by atoms with van der Waals surface area (Å²) in [6, 6.07) is 1.78. The van der Waals surface area contributed by atoms with Gasteiger partial charge in [0, 0.05) is 40.1 Å². The third kappa shape index (κ3) is 3.37. The van der Waals surface area contributed by atoms with Gasteiger partial charge in [-0.2, -0.15) is 0 Å². The number of furan rings is 1. The highest BCUT2D eigenvalue weighted by atomic mass is 16.6. The average molecular weight is 573 g/mol. The molecule has 5 aliphatic rings. The first-order valence-corrected chi connectivity index (χ1v) is 14.5. The standard InChI is InChI=1S/C31H40O10/c1-15(2)23(34)40-25-27(3,4)18(12-20(32)37-7)29(6)17-8-10-28(5)19(31(17)26(41-31)30(25,36)24(29)35)13-21(33)39-22(28)16-9-11-38-14-16/h9,11,14-15,17-19,22,25-26,36H,8,10,12-13H2,1-7H3/t17-,18-,19-,22-,25+,26-,28-,29+,30+,31+/m0/s1. The quantitative estimate of drug-likeness (QED) is 0.316. The van der Waals surface area contributed by atoms with Crippen LogP contribution in [0.4, 0.5) is 0 Å². The van der Waals surface area contributed by atoms with Crippen molar-refractivity contribution in [1.29, 1.82) is 0 Å². The Morgan fingerprint density at radius 2 is 1.85 bits per heavy atom. The van der Waals surface area contributed by atoms with Gasteiger partial charge in [-0.3, -0.25) is 19.2 Å². The number of methoxy groups -OCH3 is 1. The van der Waals surface area contributed by atoms with Gasteiger partial charge >= 0.3 is 17.9 Å². The molecular formula is C31H40O10. The number of Topliss-reactive ketones (excluding diaryl/α,β-unsaturated/α-hetero) is 1. The van der Waals surface area contributed by atoms with E-state index in [1.165, 1.54) is 13.4 Å². The van der Waals surface area contributed by atoms with Crippen molar-refractivity contribution >= 4 is 23.7 Å². The number of ether oxygens (including phenoxy) is 4. The van der Waals surface area contributed by atoms with Gasteiger partial charge in [-0.15, -0.1) is 0 Å². The number of hydrogen-bond acceptors (Lipinski definition) is 10. The van der Waals surface area contributed by atoms with Crippen LogP contribution in [0, 0.1) is 39.9 Å². The van der Waals surface area contributed by atoms with E-state index >= 15 is 0 Å². The molecule has 2 aliphatic heterocycles. The van der Waals surface area contributed by atoms with E-state index in [1.54, 1.807) is 26.2 Å². The SMILES string of the molecule is COC(=O)C[C@H]1C(C)(C)[C@@H](OC(=O)C(C)C)[C@]2(O)C(=O)[C@]1(C)[C@@H]1CC[C@]3(C)[C@H](c4ccoc4)OC(=O)C[C@@H]3[C@]13O[C@@H]23. The summed E-state index contributed by atoms with van der Waals surface area (Å²) in [6.07, 6.45) is 1.39.